The molecule has 0 nitrogen and oxygen atoms in total. The summed E-state index contributed by atoms with van der Waals surface area (Å²) in [4.78, 5) is 0. The number of hydrogen-bond donors (Lipinski definition) is 0. The molecule has 0 bridgehead atoms. The van der Waals surface area contributed by atoms with Crippen molar-refractivity contribution in [2.75, 3.05) is 0 Å². The topological polar surface area (TPSA) is 0 Å². The fourth-order valence-electron chi connectivity index (χ4n) is 6.13. The van der Waals surface area contributed by atoms with Crippen LogP contribution in [0, 0.1) is 5.92 Å². The largest absolute Gasteiger partial charge is 1.00 e. The first-order valence-electron chi connectivity index (χ1n) is 13.4. The summed E-state index contributed by atoms with van der Waals surface area (Å²) in [5.41, 5.74) is 2.99. The molecule has 4 aromatic rings. The average molecular weight is 605 g/mol. The number of halogens is 1. The van der Waals surface area contributed by atoms with Crippen LogP contribution in [0.1, 0.15) is 62.5 Å². The Labute approximate surface area is 235 Å². The molecule has 36 heavy (non-hydrogen) atoms. The third-order valence-corrected chi connectivity index (χ3v) is 12.4. The van der Waals surface area contributed by atoms with Gasteiger partial charge in [0.2, 0.25) is 0 Å². The van der Waals surface area contributed by atoms with Gasteiger partial charge in [0.25, 0.3) is 0 Å². The van der Waals surface area contributed by atoms with Crippen LogP contribution in [0.3, 0.4) is 0 Å². The van der Waals surface area contributed by atoms with E-state index in [1.54, 1.807) is 5.56 Å². The van der Waals surface area contributed by atoms with Gasteiger partial charge in [0, 0.05) is 0 Å². The van der Waals surface area contributed by atoms with Crippen molar-refractivity contribution in [3.63, 3.8) is 0 Å². The Bertz CT molecular complexity index is 1070. The molecular weight excluding hydrogens is 566 g/mol. The lowest BCUT2D eigenvalue weighted by molar-refractivity contribution is -0.00000700. The molecule has 0 aliphatic heterocycles. The zero-order valence-electron chi connectivity index (χ0n) is 21.4. The fourth-order valence-corrected chi connectivity index (χ4v) is 10.4. The summed E-state index contributed by atoms with van der Waals surface area (Å²) in [5, 5.41) is 4.36. The van der Waals surface area contributed by atoms with Crippen LogP contribution in [-0.4, -0.2) is 0 Å². The van der Waals surface area contributed by atoms with Gasteiger partial charge in [-0.1, -0.05) is 98.6 Å². The van der Waals surface area contributed by atoms with E-state index in [1.165, 1.54) is 60.0 Å². The molecule has 0 unspecified atom stereocenters. The van der Waals surface area contributed by atoms with Gasteiger partial charge in [-0.2, -0.15) is 0 Å². The first-order chi connectivity index (χ1) is 17.3. The third-order valence-electron chi connectivity index (χ3n) is 8.01. The molecule has 0 aromatic heterocycles. The predicted molar refractivity (Wildman–Crippen MR) is 155 cm³/mol. The standard InChI is InChI=1S/C34H38P.HI/c1-2-12-28-19-23-30(24-20-28)31-25-21-29(22-26-31)27-35(32-13-6-3-7-14-32,33-15-8-4-9-16-33)34-17-10-5-11-18-34;/h3-11,13-18,21-22,25-26,28,30H,2,12,19-20,23-24,27H2,1H3;1H/q+1;/p-1/t28-,30-;. The van der Waals surface area contributed by atoms with E-state index >= 15 is 0 Å². The van der Waals surface area contributed by atoms with Gasteiger partial charge < -0.3 is 24.0 Å². The molecule has 0 N–H and O–H groups in total. The highest BCUT2D eigenvalue weighted by atomic mass is 127. The molecule has 0 atom stereocenters. The second-order valence-electron chi connectivity index (χ2n) is 10.2. The summed E-state index contributed by atoms with van der Waals surface area (Å²) in [7, 11) is -1.84. The van der Waals surface area contributed by atoms with Crippen LogP contribution in [0.15, 0.2) is 115 Å². The van der Waals surface area contributed by atoms with Crippen molar-refractivity contribution in [3.05, 3.63) is 126 Å². The minimum Gasteiger partial charge on any atom is -1.00 e. The molecule has 186 valence electrons. The van der Waals surface area contributed by atoms with E-state index in [2.05, 4.69) is 122 Å². The summed E-state index contributed by atoms with van der Waals surface area (Å²) >= 11 is 0. The van der Waals surface area contributed by atoms with Crippen molar-refractivity contribution < 1.29 is 24.0 Å². The SMILES string of the molecule is CCC[C@H]1CC[C@H](c2ccc(C[P+](c3ccccc3)(c3ccccc3)c3ccccc3)cc2)CC1.[I-]. The molecule has 1 fully saturated rings. The van der Waals surface area contributed by atoms with Crippen molar-refractivity contribution in [3.8, 4) is 0 Å². The van der Waals surface area contributed by atoms with E-state index in [4.69, 9.17) is 0 Å². The Morgan fingerprint density at radius 2 is 1.03 bits per heavy atom. The molecule has 0 amide bonds. The molecule has 0 heterocycles. The Morgan fingerprint density at radius 1 is 0.583 bits per heavy atom. The second kappa shape index (κ2) is 13.0. The second-order valence-corrected chi connectivity index (χ2v) is 13.7. The van der Waals surface area contributed by atoms with Crippen LogP contribution in [0.4, 0.5) is 0 Å². The summed E-state index contributed by atoms with van der Waals surface area (Å²) in [5.74, 6) is 1.71. The van der Waals surface area contributed by atoms with Gasteiger partial charge in [-0.05, 0) is 85.0 Å². The first-order valence-corrected chi connectivity index (χ1v) is 15.4. The van der Waals surface area contributed by atoms with E-state index in [0.29, 0.717) is 0 Å². The normalized spacial score (nSPS) is 17.8. The molecule has 1 aliphatic rings. The van der Waals surface area contributed by atoms with Gasteiger partial charge in [-0.25, -0.2) is 0 Å². The zero-order chi connectivity index (χ0) is 23.9. The smallest absolute Gasteiger partial charge is 0.116 e. The third kappa shape index (κ3) is 5.95. The minimum absolute atomic E-state index is 0. The van der Waals surface area contributed by atoms with Crippen molar-refractivity contribution >= 4 is 23.2 Å². The quantitative estimate of drug-likeness (QED) is 0.190. The molecule has 1 saturated carbocycles. The van der Waals surface area contributed by atoms with Crippen LogP contribution in [-0.2, 0) is 6.16 Å². The van der Waals surface area contributed by atoms with E-state index in [-0.39, 0.29) is 24.0 Å². The molecule has 5 rings (SSSR count). The number of hydrogen-bond acceptors (Lipinski definition) is 0. The Balaban J connectivity index is 0.00000304. The summed E-state index contributed by atoms with van der Waals surface area (Å²) in [6.45, 7) is 2.33. The Hall–Kier alpha value is -1.96. The van der Waals surface area contributed by atoms with Gasteiger partial charge in [0.15, 0.2) is 0 Å². The highest BCUT2D eigenvalue weighted by Crippen LogP contribution is 2.58. The lowest BCUT2D eigenvalue weighted by Crippen LogP contribution is -3.00. The van der Waals surface area contributed by atoms with Crippen LogP contribution >= 0.6 is 7.26 Å². The molecular formula is C34H38IP. The zero-order valence-corrected chi connectivity index (χ0v) is 24.5. The van der Waals surface area contributed by atoms with E-state index in [9.17, 15) is 0 Å². The van der Waals surface area contributed by atoms with Gasteiger partial charge in [-0.15, -0.1) is 0 Å². The van der Waals surface area contributed by atoms with Gasteiger partial charge in [0.1, 0.15) is 23.2 Å². The van der Waals surface area contributed by atoms with Gasteiger partial charge >= 0.3 is 0 Å². The lowest BCUT2D eigenvalue weighted by Gasteiger charge is -2.29. The van der Waals surface area contributed by atoms with Crippen molar-refractivity contribution in [2.24, 2.45) is 5.92 Å². The maximum Gasteiger partial charge on any atom is 0.116 e. The van der Waals surface area contributed by atoms with Gasteiger partial charge in [0.05, 0.1) is 6.16 Å². The van der Waals surface area contributed by atoms with Crippen molar-refractivity contribution in [2.45, 2.75) is 57.5 Å². The number of rotatable bonds is 8. The fraction of sp³-hybridized carbons (Fsp3) is 0.294. The highest BCUT2D eigenvalue weighted by Gasteiger charge is 2.45. The molecule has 2 heteroatoms. The van der Waals surface area contributed by atoms with E-state index < -0.39 is 7.26 Å². The summed E-state index contributed by atoms with van der Waals surface area (Å²) in [6, 6.07) is 43.4. The maximum absolute atomic E-state index is 2.44. The molecule has 0 saturated heterocycles. The predicted octanol–water partition coefficient (Wildman–Crippen LogP) is 5.26. The first kappa shape index (κ1) is 27.1. The molecule has 0 spiro atoms. The van der Waals surface area contributed by atoms with E-state index in [1.807, 2.05) is 0 Å². The van der Waals surface area contributed by atoms with Gasteiger partial charge in [-0.3, -0.25) is 0 Å². The lowest BCUT2D eigenvalue weighted by atomic mass is 9.77. The molecule has 4 aromatic carbocycles. The summed E-state index contributed by atoms with van der Waals surface area (Å²) < 4.78 is 0. The molecule has 1 aliphatic carbocycles. The Morgan fingerprint density at radius 3 is 1.44 bits per heavy atom. The molecule has 0 radical (unpaired) electrons. The van der Waals surface area contributed by atoms with Crippen molar-refractivity contribution in [1.29, 1.82) is 0 Å². The highest BCUT2D eigenvalue weighted by molar-refractivity contribution is 7.95. The van der Waals surface area contributed by atoms with Crippen LogP contribution in [0.2, 0.25) is 0 Å². The van der Waals surface area contributed by atoms with Crippen molar-refractivity contribution in [1.82, 2.24) is 0 Å². The minimum atomic E-state index is -1.84. The van der Waals surface area contributed by atoms with Crippen LogP contribution in [0.5, 0.6) is 0 Å². The number of benzene rings is 4. The van der Waals surface area contributed by atoms with Crippen LogP contribution in [0.25, 0.3) is 0 Å². The van der Waals surface area contributed by atoms with E-state index in [0.717, 1.165) is 18.0 Å². The summed E-state index contributed by atoms with van der Waals surface area (Å²) in [6.07, 6.45) is 9.33. The average Bonchev–Trinajstić information content (AvgIpc) is 2.94. The monoisotopic (exact) mass is 604 g/mol. The Kier molecular flexibility index (Phi) is 9.80. The van der Waals surface area contributed by atoms with Crippen LogP contribution < -0.4 is 39.9 Å². The maximum atomic E-state index is 2.44.